The Hall–Kier alpha value is -1.62. The van der Waals surface area contributed by atoms with Crippen LogP contribution in [0.2, 0.25) is 0 Å². The van der Waals surface area contributed by atoms with Crippen molar-refractivity contribution < 1.29 is 13.9 Å². The summed E-state index contributed by atoms with van der Waals surface area (Å²) < 4.78 is 18.9. The highest BCUT2D eigenvalue weighted by Gasteiger charge is 2.37. The average molecular weight is 278 g/mol. The smallest absolute Gasteiger partial charge is 0.256 e. The van der Waals surface area contributed by atoms with Crippen LogP contribution >= 0.6 is 0 Å². The number of carbonyl (C=O) groups excluding carboxylic acids is 1. The fourth-order valence-corrected chi connectivity index (χ4v) is 3.18. The van der Waals surface area contributed by atoms with Crippen LogP contribution in [0.3, 0.4) is 0 Å². The van der Waals surface area contributed by atoms with Crippen molar-refractivity contribution in [2.24, 2.45) is 5.92 Å². The fraction of sp³-hybridized carbons (Fsp3) is 0.533. The molecule has 4 nitrogen and oxygen atoms in total. The van der Waals surface area contributed by atoms with Gasteiger partial charge in [-0.15, -0.1) is 0 Å². The first-order valence-electron chi connectivity index (χ1n) is 7.05. The van der Waals surface area contributed by atoms with Crippen LogP contribution in [0.5, 0.6) is 5.75 Å². The maximum Gasteiger partial charge on any atom is 0.256 e. The highest BCUT2D eigenvalue weighted by Crippen LogP contribution is 2.27. The molecule has 2 unspecified atom stereocenters. The van der Waals surface area contributed by atoms with E-state index in [1.54, 1.807) is 11.0 Å². The Morgan fingerprint density at radius 1 is 1.45 bits per heavy atom. The molecule has 20 heavy (non-hydrogen) atoms. The van der Waals surface area contributed by atoms with E-state index in [1.807, 2.05) is 0 Å². The van der Waals surface area contributed by atoms with Gasteiger partial charge in [-0.2, -0.15) is 0 Å². The van der Waals surface area contributed by atoms with E-state index in [1.165, 1.54) is 19.2 Å². The quantitative estimate of drug-likeness (QED) is 0.894. The molecular formula is C15H19FN2O2. The lowest BCUT2D eigenvalue weighted by atomic mass is 9.94. The molecule has 1 amide bonds. The normalized spacial score (nSPS) is 25.4. The van der Waals surface area contributed by atoms with Gasteiger partial charge in [0.05, 0.1) is 12.7 Å². The predicted molar refractivity (Wildman–Crippen MR) is 73.4 cm³/mol. The Balaban J connectivity index is 1.76. The number of amides is 1. The van der Waals surface area contributed by atoms with Gasteiger partial charge in [0.1, 0.15) is 11.6 Å². The van der Waals surface area contributed by atoms with Gasteiger partial charge >= 0.3 is 0 Å². The van der Waals surface area contributed by atoms with Gasteiger partial charge in [-0.05, 0) is 37.4 Å². The molecule has 0 bridgehead atoms. The van der Waals surface area contributed by atoms with Crippen LogP contribution in [0.15, 0.2) is 18.2 Å². The summed E-state index contributed by atoms with van der Waals surface area (Å²) in [4.78, 5) is 14.2. The second kappa shape index (κ2) is 5.40. The fourth-order valence-electron chi connectivity index (χ4n) is 3.18. The Morgan fingerprint density at radius 2 is 2.30 bits per heavy atom. The molecule has 1 aromatic rings. The van der Waals surface area contributed by atoms with E-state index in [-0.39, 0.29) is 11.5 Å². The van der Waals surface area contributed by atoms with Crippen molar-refractivity contribution in [3.8, 4) is 5.75 Å². The van der Waals surface area contributed by atoms with Crippen molar-refractivity contribution in [3.05, 3.63) is 29.6 Å². The first-order chi connectivity index (χ1) is 9.69. The molecule has 3 rings (SSSR count). The van der Waals surface area contributed by atoms with E-state index in [2.05, 4.69) is 5.32 Å². The van der Waals surface area contributed by atoms with Gasteiger partial charge in [0, 0.05) is 25.2 Å². The first-order valence-corrected chi connectivity index (χ1v) is 7.05. The van der Waals surface area contributed by atoms with Crippen LogP contribution in [-0.4, -0.2) is 43.6 Å². The number of likely N-dealkylation sites (tertiary alicyclic amines) is 1. The molecule has 2 heterocycles. The van der Waals surface area contributed by atoms with Gasteiger partial charge in [0.25, 0.3) is 5.91 Å². The minimum absolute atomic E-state index is 0.129. The zero-order chi connectivity index (χ0) is 14.1. The molecular weight excluding hydrogens is 259 g/mol. The number of hydrogen-bond donors (Lipinski definition) is 1. The number of hydrogen-bond acceptors (Lipinski definition) is 3. The summed E-state index contributed by atoms with van der Waals surface area (Å²) in [7, 11) is 1.48. The van der Waals surface area contributed by atoms with Crippen molar-refractivity contribution in [1.82, 2.24) is 10.2 Å². The molecule has 1 N–H and O–H groups in total. The number of halogens is 1. The molecule has 1 aromatic carbocycles. The molecule has 5 heteroatoms. The zero-order valence-corrected chi connectivity index (χ0v) is 11.6. The van der Waals surface area contributed by atoms with Crippen LogP contribution in [0.1, 0.15) is 23.2 Å². The molecule has 2 fully saturated rings. The standard InChI is InChI=1S/C15H19FN2O2/c1-20-11-4-5-12(13(16)7-11)15(19)18-8-10-3-2-6-17-14(10)9-18/h4-5,7,10,14,17H,2-3,6,8-9H2,1H3. The number of piperidine rings is 1. The third kappa shape index (κ3) is 2.38. The van der Waals surface area contributed by atoms with Crippen molar-refractivity contribution in [2.75, 3.05) is 26.7 Å². The van der Waals surface area contributed by atoms with E-state index in [9.17, 15) is 9.18 Å². The number of benzene rings is 1. The summed E-state index contributed by atoms with van der Waals surface area (Å²) in [6, 6.07) is 4.76. The topological polar surface area (TPSA) is 41.6 Å². The van der Waals surface area contributed by atoms with Crippen LogP contribution in [0.4, 0.5) is 4.39 Å². The van der Waals surface area contributed by atoms with Crippen LogP contribution in [-0.2, 0) is 0 Å². The summed E-state index contributed by atoms with van der Waals surface area (Å²) in [6.45, 7) is 2.41. The average Bonchev–Trinajstić information content (AvgIpc) is 2.90. The van der Waals surface area contributed by atoms with Gasteiger partial charge < -0.3 is 15.0 Å². The number of fused-ring (bicyclic) bond motifs is 1. The minimum Gasteiger partial charge on any atom is -0.497 e. The molecule has 0 spiro atoms. The lowest BCUT2D eigenvalue weighted by Crippen LogP contribution is -2.41. The highest BCUT2D eigenvalue weighted by molar-refractivity contribution is 5.94. The third-order valence-electron chi connectivity index (χ3n) is 4.29. The summed E-state index contributed by atoms with van der Waals surface area (Å²) in [5, 5.41) is 3.44. The maximum atomic E-state index is 14.0. The minimum atomic E-state index is -0.516. The number of carbonyl (C=O) groups is 1. The molecule has 2 aliphatic heterocycles. The van der Waals surface area contributed by atoms with E-state index < -0.39 is 5.82 Å². The highest BCUT2D eigenvalue weighted by atomic mass is 19.1. The molecule has 0 aromatic heterocycles. The number of rotatable bonds is 2. The second-order valence-corrected chi connectivity index (χ2v) is 5.52. The third-order valence-corrected chi connectivity index (χ3v) is 4.29. The van der Waals surface area contributed by atoms with Crippen molar-refractivity contribution in [1.29, 1.82) is 0 Å². The molecule has 2 saturated heterocycles. The van der Waals surface area contributed by atoms with E-state index in [0.29, 0.717) is 24.3 Å². The van der Waals surface area contributed by atoms with Crippen molar-refractivity contribution in [3.63, 3.8) is 0 Å². The molecule has 2 atom stereocenters. The van der Waals surface area contributed by atoms with Gasteiger partial charge in [-0.25, -0.2) is 4.39 Å². The SMILES string of the molecule is COc1ccc(C(=O)N2CC3CCCNC3C2)c(F)c1. The zero-order valence-electron chi connectivity index (χ0n) is 11.6. The Bertz CT molecular complexity index is 507. The van der Waals surface area contributed by atoms with E-state index >= 15 is 0 Å². The van der Waals surface area contributed by atoms with Crippen molar-refractivity contribution >= 4 is 5.91 Å². The van der Waals surface area contributed by atoms with Gasteiger partial charge in [-0.3, -0.25) is 4.79 Å². The number of ether oxygens (including phenoxy) is 1. The molecule has 0 aliphatic carbocycles. The Labute approximate surface area is 117 Å². The summed E-state index contributed by atoms with van der Waals surface area (Å²) in [6.07, 6.45) is 2.30. The summed E-state index contributed by atoms with van der Waals surface area (Å²) >= 11 is 0. The summed E-state index contributed by atoms with van der Waals surface area (Å²) in [5.41, 5.74) is 0.129. The van der Waals surface area contributed by atoms with Crippen molar-refractivity contribution in [2.45, 2.75) is 18.9 Å². The molecule has 0 saturated carbocycles. The number of nitrogens with zero attached hydrogens (tertiary/aromatic N) is 1. The van der Waals surface area contributed by atoms with Crippen LogP contribution in [0.25, 0.3) is 0 Å². The lowest BCUT2D eigenvalue weighted by molar-refractivity contribution is 0.0781. The largest absolute Gasteiger partial charge is 0.497 e. The van der Waals surface area contributed by atoms with Crippen LogP contribution in [0, 0.1) is 11.7 Å². The van der Waals surface area contributed by atoms with Crippen LogP contribution < -0.4 is 10.1 Å². The number of nitrogens with one attached hydrogen (secondary N) is 1. The Morgan fingerprint density at radius 3 is 3.00 bits per heavy atom. The Kier molecular flexibility index (Phi) is 3.61. The molecule has 108 valence electrons. The summed E-state index contributed by atoms with van der Waals surface area (Å²) in [5.74, 6) is 0.198. The predicted octanol–water partition coefficient (Wildman–Crippen LogP) is 1.66. The second-order valence-electron chi connectivity index (χ2n) is 5.52. The van der Waals surface area contributed by atoms with E-state index in [0.717, 1.165) is 25.9 Å². The number of methoxy groups -OCH3 is 1. The molecule has 2 aliphatic rings. The maximum absolute atomic E-state index is 14.0. The van der Waals surface area contributed by atoms with Gasteiger partial charge in [0.15, 0.2) is 0 Å². The lowest BCUT2D eigenvalue weighted by Gasteiger charge is -2.24. The molecule has 0 radical (unpaired) electrons. The first kappa shape index (κ1) is 13.4. The van der Waals surface area contributed by atoms with E-state index in [4.69, 9.17) is 4.74 Å². The monoisotopic (exact) mass is 278 g/mol. The van der Waals surface area contributed by atoms with Gasteiger partial charge in [0.2, 0.25) is 0 Å². The van der Waals surface area contributed by atoms with Gasteiger partial charge in [-0.1, -0.05) is 0 Å².